The van der Waals surface area contributed by atoms with Gasteiger partial charge in [-0.1, -0.05) is 109 Å². The Balaban J connectivity index is 1.23. The summed E-state index contributed by atoms with van der Waals surface area (Å²) in [5, 5.41) is 13.6. The molecule has 2 heterocycles. The van der Waals surface area contributed by atoms with Crippen LogP contribution in [0.1, 0.15) is 0 Å². The standard InChI is InChI=1S/C40H23O2P/c1-2-10-27-24(9-1)18-20-38-39(27)42-36-23-26(22-35-40(36)43(38)37-16-8-7-15-34(37)41-35)25-17-19-32-30-13-4-3-11-28(30)29-12-5-6-14-31(29)33(32)21-25/h1-23H. The molecular formula is C40H23O2P. The molecule has 2 aliphatic heterocycles. The van der Waals surface area contributed by atoms with Crippen LogP contribution in [0.2, 0.25) is 0 Å². The summed E-state index contributed by atoms with van der Waals surface area (Å²) in [6.07, 6.45) is 0. The normalized spacial score (nSPS) is 14.7. The third-order valence-electron chi connectivity index (χ3n) is 8.98. The van der Waals surface area contributed by atoms with E-state index >= 15 is 0 Å². The van der Waals surface area contributed by atoms with Gasteiger partial charge in [0.15, 0.2) is 0 Å². The number of hydrogen-bond acceptors (Lipinski definition) is 2. The molecule has 0 radical (unpaired) electrons. The molecule has 8 aromatic carbocycles. The van der Waals surface area contributed by atoms with Gasteiger partial charge >= 0.3 is 0 Å². The number of ether oxygens (including phenoxy) is 2. The maximum atomic E-state index is 6.87. The van der Waals surface area contributed by atoms with E-state index in [0.29, 0.717) is 0 Å². The predicted molar refractivity (Wildman–Crippen MR) is 181 cm³/mol. The Morgan fingerprint density at radius 2 is 0.977 bits per heavy atom. The molecule has 10 rings (SSSR count). The molecule has 3 heteroatoms. The molecule has 43 heavy (non-hydrogen) atoms. The Morgan fingerprint density at radius 1 is 0.372 bits per heavy atom. The van der Waals surface area contributed by atoms with Gasteiger partial charge in [0, 0.05) is 23.9 Å². The predicted octanol–water partition coefficient (Wildman–Crippen LogP) is 9.94. The first-order valence-electron chi connectivity index (χ1n) is 14.6. The Hall–Kier alpha value is -5.17. The van der Waals surface area contributed by atoms with Gasteiger partial charge in [-0.2, -0.15) is 0 Å². The Kier molecular flexibility index (Phi) is 4.72. The molecule has 0 saturated heterocycles. The fourth-order valence-electron chi connectivity index (χ4n) is 7.05. The van der Waals surface area contributed by atoms with Crippen LogP contribution < -0.4 is 25.4 Å². The quantitative estimate of drug-likeness (QED) is 0.145. The van der Waals surface area contributed by atoms with Crippen LogP contribution in [0, 0.1) is 0 Å². The monoisotopic (exact) mass is 566 g/mol. The Morgan fingerprint density at radius 3 is 1.74 bits per heavy atom. The van der Waals surface area contributed by atoms with Gasteiger partial charge in [0.2, 0.25) is 0 Å². The summed E-state index contributed by atoms with van der Waals surface area (Å²) in [5.41, 5.74) is 2.23. The van der Waals surface area contributed by atoms with E-state index in [1.165, 1.54) is 48.3 Å². The maximum absolute atomic E-state index is 6.87. The molecule has 8 aromatic rings. The van der Waals surface area contributed by atoms with Gasteiger partial charge in [-0.15, -0.1) is 0 Å². The number of para-hydroxylation sites is 1. The first-order chi connectivity index (χ1) is 21.3. The van der Waals surface area contributed by atoms with E-state index in [0.717, 1.165) is 44.8 Å². The summed E-state index contributed by atoms with van der Waals surface area (Å²) >= 11 is 0. The van der Waals surface area contributed by atoms with Gasteiger partial charge < -0.3 is 9.47 Å². The fourth-order valence-corrected chi connectivity index (χ4v) is 9.63. The SMILES string of the molecule is c1ccc2c(c1)Oc1cc(-c3ccc4c5ccccc5c5ccccc5c4c3)cc3c1P2c1ccc2ccccc2c1O3. The van der Waals surface area contributed by atoms with Crippen LogP contribution in [-0.4, -0.2) is 0 Å². The highest BCUT2D eigenvalue weighted by atomic mass is 31.1. The molecule has 2 nitrogen and oxygen atoms in total. The summed E-state index contributed by atoms with van der Waals surface area (Å²) < 4.78 is 13.5. The molecule has 1 unspecified atom stereocenters. The summed E-state index contributed by atoms with van der Waals surface area (Å²) in [5.74, 6) is 3.67. The summed E-state index contributed by atoms with van der Waals surface area (Å²) in [6.45, 7) is 0. The third kappa shape index (κ3) is 3.27. The topological polar surface area (TPSA) is 18.5 Å². The summed E-state index contributed by atoms with van der Waals surface area (Å²) in [7, 11) is -0.827. The molecule has 0 aromatic heterocycles. The van der Waals surface area contributed by atoms with Gasteiger partial charge in [-0.25, -0.2) is 0 Å². The van der Waals surface area contributed by atoms with Gasteiger partial charge in [0.25, 0.3) is 0 Å². The minimum Gasteiger partial charge on any atom is -0.456 e. The molecule has 2 aliphatic rings. The van der Waals surface area contributed by atoms with E-state index in [2.05, 4.69) is 140 Å². The molecule has 1 atom stereocenters. The first-order valence-corrected chi connectivity index (χ1v) is 15.9. The van der Waals surface area contributed by atoms with Crippen molar-refractivity contribution in [3.05, 3.63) is 140 Å². The van der Waals surface area contributed by atoms with Crippen LogP contribution in [0.25, 0.3) is 54.2 Å². The van der Waals surface area contributed by atoms with Crippen molar-refractivity contribution in [2.75, 3.05) is 0 Å². The number of hydrogen-bond donors (Lipinski definition) is 0. The lowest BCUT2D eigenvalue weighted by molar-refractivity contribution is 0.469. The van der Waals surface area contributed by atoms with Crippen LogP contribution in [0.5, 0.6) is 23.0 Å². The molecule has 0 spiro atoms. The van der Waals surface area contributed by atoms with E-state index < -0.39 is 7.92 Å². The van der Waals surface area contributed by atoms with Gasteiger partial charge in [0.1, 0.15) is 23.0 Å². The molecule has 0 aliphatic carbocycles. The summed E-state index contributed by atoms with van der Waals surface area (Å²) in [4.78, 5) is 0. The lowest BCUT2D eigenvalue weighted by atomic mass is 9.92. The highest BCUT2D eigenvalue weighted by Crippen LogP contribution is 2.54. The average Bonchev–Trinajstić information content (AvgIpc) is 3.08. The highest BCUT2D eigenvalue weighted by molar-refractivity contribution is 7.80. The average molecular weight is 567 g/mol. The summed E-state index contributed by atoms with van der Waals surface area (Å²) in [6, 6.07) is 50.2. The molecular weight excluding hydrogens is 543 g/mol. The van der Waals surface area contributed by atoms with Crippen molar-refractivity contribution in [1.82, 2.24) is 0 Å². The second-order valence-corrected chi connectivity index (χ2v) is 13.4. The fraction of sp³-hybridized carbons (Fsp3) is 0. The zero-order valence-electron chi connectivity index (χ0n) is 23.0. The van der Waals surface area contributed by atoms with Crippen molar-refractivity contribution >= 4 is 66.9 Å². The second-order valence-electron chi connectivity index (χ2n) is 11.3. The molecule has 0 saturated carbocycles. The second kappa shape index (κ2) is 8.67. The van der Waals surface area contributed by atoms with Crippen LogP contribution in [0.4, 0.5) is 0 Å². The zero-order valence-corrected chi connectivity index (χ0v) is 23.9. The van der Waals surface area contributed by atoms with Crippen molar-refractivity contribution in [3.63, 3.8) is 0 Å². The minimum absolute atomic E-state index is 0.827. The van der Waals surface area contributed by atoms with Gasteiger partial charge in [-0.3, -0.25) is 0 Å². The molecule has 0 fully saturated rings. The molecule has 200 valence electrons. The van der Waals surface area contributed by atoms with Crippen molar-refractivity contribution in [1.29, 1.82) is 0 Å². The van der Waals surface area contributed by atoms with Crippen molar-refractivity contribution in [2.24, 2.45) is 0 Å². The minimum atomic E-state index is -0.827. The first kappa shape index (κ1) is 23.4. The van der Waals surface area contributed by atoms with E-state index in [-0.39, 0.29) is 0 Å². The smallest absolute Gasteiger partial charge is 0.143 e. The van der Waals surface area contributed by atoms with Crippen molar-refractivity contribution in [3.8, 4) is 34.1 Å². The van der Waals surface area contributed by atoms with E-state index in [1.54, 1.807) is 0 Å². The van der Waals surface area contributed by atoms with Crippen LogP contribution >= 0.6 is 7.92 Å². The van der Waals surface area contributed by atoms with Gasteiger partial charge in [0.05, 0.1) is 5.30 Å². The molecule has 0 amide bonds. The number of fused-ring (bicyclic) bond motifs is 12. The van der Waals surface area contributed by atoms with Crippen LogP contribution in [0.3, 0.4) is 0 Å². The largest absolute Gasteiger partial charge is 0.456 e. The number of benzene rings is 8. The van der Waals surface area contributed by atoms with E-state index in [4.69, 9.17) is 9.47 Å². The van der Waals surface area contributed by atoms with Gasteiger partial charge in [-0.05, 0) is 79.2 Å². The van der Waals surface area contributed by atoms with E-state index in [1.807, 2.05) is 0 Å². The number of rotatable bonds is 1. The van der Waals surface area contributed by atoms with Crippen molar-refractivity contribution < 1.29 is 9.47 Å². The Labute approximate surface area is 249 Å². The maximum Gasteiger partial charge on any atom is 0.143 e. The Bertz CT molecular complexity index is 2440. The highest BCUT2D eigenvalue weighted by Gasteiger charge is 2.38. The lowest BCUT2D eigenvalue weighted by Gasteiger charge is -2.35. The van der Waals surface area contributed by atoms with Crippen LogP contribution in [0.15, 0.2) is 140 Å². The van der Waals surface area contributed by atoms with E-state index in [9.17, 15) is 0 Å². The molecule has 0 bridgehead atoms. The molecule has 0 N–H and O–H groups in total. The van der Waals surface area contributed by atoms with Crippen molar-refractivity contribution in [2.45, 2.75) is 0 Å². The van der Waals surface area contributed by atoms with Crippen LogP contribution in [-0.2, 0) is 0 Å². The lowest BCUT2D eigenvalue weighted by Crippen LogP contribution is -2.32. The zero-order chi connectivity index (χ0) is 28.1. The third-order valence-corrected chi connectivity index (χ3v) is 11.6.